The Morgan fingerprint density at radius 2 is 2.20 bits per heavy atom. The van der Waals surface area contributed by atoms with Crippen LogP contribution < -0.4 is 4.74 Å². The molecule has 1 aromatic heterocycles. The Hall–Kier alpha value is -2.04. The van der Waals surface area contributed by atoms with Gasteiger partial charge in [-0.2, -0.15) is 5.10 Å². The highest BCUT2D eigenvalue weighted by molar-refractivity contribution is 5.97. The molecule has 0 spiro atoms. The molecule has 1 aromatic carbocycles. The summed E-state index contributed by atoms with van der Waals surface area (Å²) in [7, 11) is 2.83. The predicted octanol–water partition coefficient (Wildman–Crippen LogP) is 1.36. The molecule has 0 aliphatic heterocycles. The highest BCUT2D eigenvalue weighted by Gasteiger charge is 2.14. The first kappa shape index (κ1) is 9.51. The molecule has 0 radical (unpaired) electrons. The number of hydrogen-bond donors (Lipinski definition) is 1. The minimum atomic E-state index is -0.421. The SMILES string of the molecule is COC(=O)c1cc2c[nH]nc2cc1OC. The van der Waals surface area contributed by atoms with E-state index in [0.29, 0.717) is 11.3 Å². The Morgan fingerprint density at radius 3 is 2.87 bits per heavy atom. The Morgan fingerprint density at radius 1 is 1.40 bits per heavy atom. The molecule has 0 aliphatic rings. The number of fused-ring (bicyclic) bond motifs is 1. The molecule has 1 N–H and O–H groups in total. The zero-order valence-electron chi connectivity index (χ0n) is 8.40. The summed E-state index contributed by atoms with van der Waals surface area (Å²) < 4.78 is 9.75. The molecular formula is C10H10N2O3. The number of aromatic amines is 1. The largest absolute Gasteiger partial charge is 0.496 e. The van der Waals surface area contributed by atoms with Gasteiger partial charge in [0, 0.05) is 17.6 Å². The van der Waals surface area contributed by atoms with Crippen molar-refractivity contribution in [3.05, 3.63) is 23.9 Å². The van der Waals surface area contributed by atoms with Crippen molar-refractivity contribution in [1.82, 2.24) is 10.2 Å². The van der Waals surface area contributed by atoms with Crippen molar-refractivity contribution in [1.29, 1.82) is 0 Å². The molecule has 78 valence electrons. The van der Waals surface area contributed by atoms with E-state index in [1.807, 2.05) is 0 Å². The van der Waals surface area contributed by atoms with Crippen molar-refractivity contribution >= 4 is 16.9 Å². The van der Waals surface area contributed by atoms with E-state index in [-0.39, 0.29) is 0 Å². The van der Waals surface area contributed by atoms with Crippen molar-refractivity contribution in [2.75, 3.05) is 14.2 Å². The van der Waals surface area contributed by atoms with E-state index in [4.69, 9.17) is 4.74 Å². The lowest BCUT2D eigenvalue weighted by Crippen LogP contribution is -2.03. The Labute approximate surface area is 86.0 Å². The summed E-state index contributed by atoms with van der Waals surface area (Å²) in [5.41, 5.74) is 1.15. The molecule has 0 saturated heterocycles. The topological polar surface area (TPSA) is 64.2 Å². The number of carbonyl (C=O) groups is 1. The molecule has 0 atom stereocenters. The number of methoxy groups -OCH3 is 2. The standard InChI is InChI=1S/C10H10N2O3/c1-14-9-4-8-6(5-11-12-8)3-7(9)10(13)15-2/h3-5H,1-2H3,(H,11,12). The number of nitrogens with zero attached hydrogens (tertiary/aromatic N) is 1. The number of nitrogens with one attached hydrogen (secondary N) is 1. The van der Waals surface area contributed by atoms with Crippen molar-refractivity contribution < 1.29 is 14.3 Å². The van der Waals surface area contributed by atoms with E-state index in [9.17, 15) is 4.79 Å². The second kappa shape index (κ2) is 3.61. The molecule has 0 fully saturated rings. The first-order chi connectivity index (χ1) is 7.26. The molecular weight excluding hydrogens is 196 g/mol. The minimum absolute atomic E-state index is 0.397. The van der Waals surface area contributed by atoms with Crippen LogP contribution in [0.15, 0.2) is 18.3 Å². The van der Waals surface area contributed by atoms with Gasteiger partial charge in [0.05, 0.1) is 19.7 Å². The smallest absolute Gasteiger partial charge is 0.341 e. The number of rotatable bonds is 2. The molecule has 2 aromatic rings. The molecule has 15 heavy (non-hydrogen) atoms. The normalized spacial score (nSPS) is 10.3. The van der Waals surface area contributed by atoms with Gasteiger partial charge in [0.15, 0.2) is 0 Å². The van der Waals surface area contributed by atoms with Crippen LogP contribution in [0.1, 0.15) is 10.4 Å². The van der Waals surface area contributed by atoms with Gasteiger partial charge in [-0.1, -0.05) is 0 Å². The van der Waals surface area contributed by atoms with Crippen LogP contribution in [0, 0.1) is 0 Å². The third-order valence-corrected chi connectivity index (χ3v) is 2.16. The van der Waals surface area contributed by atoms with Crippen LogP contribution in [0.3, 0.4) is 0 Å². The second-order valence-corrected chi connectivity index (χ2v) is 2.99. The Bertz CT molecular complexity index is 504. The van der Waals surface area contributed by atoms with Crippen LogP contribution in [-0.4, -0.2) is 30.4 Å². The third-order valence-electron chi connectivity index (χ3n) is 2.16. The molecule has 1 heterocycles. The van der Waals surface area contributed by atoms with Gasteiger partial charge in [0.25, 0.3) is 0 Å². The molecule has 0 amide bonds. The molecule has 0 saturated carbocycles. The number of hydrogen-bond acceptors (Lipinski definition) is 4. The lowest BCUT2D eigenvalue weighted by Gasteiger charge is -2.05. The molecule has 0 unspecified atom stereocenters. The predicted molar refractivity (Wildman–Crippen MR) is 54.0 cm³/mol. The van der Waals surface area contributed by atoms with Gasteiger partial charge < -0.3 is 9.47 Å². The third kappa shape index (κ3) is 1.52. The zero-order valence-corrected chi connectivity index (χ0v) is 8.40. The number of H-pyrrole nitrogens is 1. The van der Waals surface area contributed by atoms with E-state index in [2.05, 4.69) is 14.9 Å². The molecule has 0 aliphatic carbocycles. The fourth-order valence-electron chi connectivity index (χ4n) is 1.41. The fourth-order valence-corrected chi connectivity index (χ4v) is 1.41. The average Bonchev–Trinajstić information content (AvgIpc) is 2.73. The van der Waals surface area contributed by atoms with Crippen LogP contribution in [0.5, 0.6) is 5.75 Å². The zero-order chi connectivity index (χ0) is 10.8. The van der Waals surface area contributed by atoms with Crippen LogP contribution >= 0.6 is 0 Å². The van der Waals surface area contributed by atoms with E-state index >= 15 is 0 Å². The van der Waals surface area contributed by atoms with E-state index in [0.717, 1.165) is 10.9 Å². The molecule has 5 heteroatoms. The maximum absolute atomic E-state index is 11.4. The lowest BCUT2D eigenvalue weighted by molar-refractivity contribution is 0.0597. The van der Waals surface area contributed by atoms with Crippen molar-refractivity contribution in [3.8, 4) is 5.75 Å². The summed E-state index contributed by atoms with van der Waals surface area (Å²) >= 11 is 0. The monoisotopic (exact) mass is 206 g/mol. The number of ether oxygens (including phenoxy) is 2. The van der Waals surface area contributed by atoms with Crippen molar-refractivity contribution in [3.63, 3.8) is 0 Å². The molecule has 0 bridgehead atoms. The van der Waals surface area contributed by atoms with Gasteiger partial charge in [-0.25, -0.2) is 4.79 Å². The Kier molecular flexibility index (Phi) is 2.29. The minimum Gasteiger partial charge on any atom is -0.496 e. The quantitative estimate of drug-likeness (QED) is 0.753. The molecule has 5 nitrogen and oxygen atoms in total. The first-order valence-electron chi connectivity index (χ1n) is 4.36. The van der Waals surface area contributed by atoms with Gasteiger partial charge in [-0.15, -0.1) is 0 Å². The summed E-state index contributed by atoms with van der Waals surface area (Å²) in [4.78, 5) is 11.4. The maximum atomic E-state index is 11.4. The van der Waals surface area contributed by atoms with Gasteiger partial charge in [-0.05, 0) is 6.07 Å². The summed E-state index contributed by atoms with van der Waals surface area (Å²) in [5, 5.41) is 7.56. The maximum Gasteiger partial charge on any atom is 0.341 e. The van der Waals surface area contributed by atoms with E-state index < -0.39 is 5.97 Å². The van der Waals surface area contributed by atoms with Gasteiger partial charge in [-0.3, -0.25) is 5.10 Å². The highest BCUT2D eigenvalue weighted by Crippen LogP contribution is 2.24. The highest BCUT2D eigenvalue weighted by atomic mass is 16.5. The summed E-state index contributed by atoms with van der Waals surface area (Å²) in [5.74, 6) is 0.0383. The van der Waals surface area contributed by atoms with Crippen LogP contribution in [-0.2, 0) is 4.74 Å². The van der Waals surface area contributed by atoms with Gasteiger partial charge in [0.1, 0.15) is 11.3 Å². The number of carbonyl (C=O) groups excluding carboxylic acids is 1. The fraction of sp³-hybridized carbons (Fsp3) is 0.200. The van der Waals surface area contributed by atoms with Crippen LogP contribution in [0.4, 0.5) is 0 Å². The summed E-state index contributed by atoms with van der Waals surface area (Å²) in [6, 6.07) is 3.38. The van der Waals surface area contributed by atoms with Crippen LogP contribution in [0.25, 0.3) is 10.9 Å². The number of aromatic nitrogens is 2. The molecule has 2 rings (SSSR count). The second-order valence-electron chi connectivity index (χ2n) is 2.99. The van der Waals surface area contributed by atoms with Crippen LogP contribution in [0.2, 0.25) is 0 Å². The Balaban J connectivity index is 2.64. The van der Waals surface area contributed by atoms with Gasteiger partial charge in [0.2, 0.25) is 0 Å². The van der Waals surface area contributed by atoms with E-state index in [1.165, 1.54) is 14.2 Å². The van der Waals surface area contributed by atoms with Crippen molar-refractivity contribution in [2.45, 2.75) is 0 Å². The summed E-state index contributed by atoms with van der Waals surface area (Å²) in [6.07, 6.45) is 1.71. The lowest BCUT2D eigenvalue weighted by atomic mass is 10.1. The summed E-state index contributed by atoms with van der Waals surface area (Å²) in [6.45, 7) is 0. The van der Waals surface area contributed by atoms with Crippen molar-refractivity contribution in [2.24, 2.45) is 0 Å². The average molecular weight is 206 g/mol. The first-order valence-corrected chi connectivity index (χ1v) is 4.36. The number of esters is 1. The number of benzene rings is 1. The van der Waals surface area contributed by atoms with Gasteiger partial charge >= 0.3 is 5.97 Å². The van der Waals surface area contributed by atoms with E-state index in [1.54, 1.807) is 18.3 Å².